The van der Waals surface area contributed by atoms with E-state index in [0.717, 1.165) is 5.75 Å². The number of nitrogens with two attached hydrogens (primary N) is 1. The van der Waals surface area contributed by atoms with E-state index in [2.05, 4.69) is 10.9 Å². The highest BCUT2D eigenvalue weighted by Gasteiger charge is 2.48. The summed E-state index contributed by atoms with van der Waals surface area (Å²) in [5, 5.41) is 0. The summed E-state index contributed by atoms with van der Waals surface area (Å²) < 4.78 is 11.4. The Labute approximate surface area is 164 Å². The van der Waals surface area contributed by atoms with E-state index >= 15 is 0 Å². The van der Waals surface area contributed by atoms with E-state index in [9.17, 15) is 9.59 Å². The zero-order chi connectivity index (χ0) is 19.6. The number of hydrogen-bond donors (Lipinski definition) is 3. The Hall–Kier alpha value is -2.36. The number of rotatable bonds is 5. The minimum absolute atomic E-state index is 0.0488. The number of carbonyl (C=O) groups is 2. The van der Waals surface area contributed by atoms with Crippen molar-refractivity contribution >= 4 is 12.0 Å². The number of carbonyl (C=O) groups excluding carboxylic acids is 2. The lowest BCUT2D eigenvalue weighted by molar-refractivity contribution is -0.136. The Morgan fingerprint density at radius 1 is 1.25 bits per heavy atom. The number of para-hydroxylation sites is 1. The summed E-state index contributed by atoms with van der Waals surface area (Å²) in [5.41, 5.74) is 11.1. The van der Waals surface area contributed by atoms with Gasteiger partial charge in [-0.25, -0.2) is 15.6 Å². The number of hydrazine groups is 1. The third kappa shape index (κ3) is 4.06. The Morgan fingerprint density at radius 2 is 2.00 bits per heavy atom. The lowest BCUT2D eigenvalue weighted by Crippen LogP contribution is -2.53. The van der Waals surface area contributed by atoms with Crippen LogP contribution in [0.5, 0.6) is 5.75 Å². The molecule has 1 aromatic rings. The monoisotopic (exact) mass is 389 g/mol. The lowest BCUT2D eigenvalue weighted by Gasteiger charge is -2.38. The van der Waals surface area contributed by atoms with Gasteiger partial charge in [-0.15, -0.1) is 0 Å². The van der Waals surface area contributed by atoms with Crippen molar-refractivity contribution in [3.05, 3.63) is 30.3 Å². The highest BCUT2D eigenvalue weighted by molar-refractivity contribution is 5.82. The van der Waals surface area contributed by atoms with Crippen molar-refractivity contribution in [1.29, 1.82) is 0 Å². The highest BCUT2D eigenvalue weighted by Crippen LogP contribution is 2.33. The molecule has 3 aliphatic heterocycles. The molecule has 0 radical (unpaired) electrons. The van der Waals surface area contributed by atoms with E-state index in [1.807, 2.05) is 35.2 Å². The first kappa shape index (κ1) is 19.0. The summed E-state index contributed by atoms with van der Waals surface area (Å²) in [6, 6.07) is 9.24. The van der Waals surface area contributed by atoms with Gasteiger partial charge in [0.1, 0.15) is 24.0 Å². The molecule has 0 aliphatic carbocycles. The number of piperidine rings is 1. The van der Waals surface area contributed by atoms with Gasteiger partial charge in [-0.1, -0.05) is 18.2 Å². The number of benzene rings is 1. The van der Waals surface area contributed by atoms with Crippen molar-refractivity contribution in [3.8, 4) is 5.75 Å². The van der Waals surface area contributed by atoms with E-state index < -0.39 is 5.60 Å². The quantitative estimate of drug-likeness (QED) is 0.652. The van der Waals surface area contributed by atoms with E-state index in [0.29, 0.717) is 52.0 Å². The van der Waals surface area contributed by atoms with Gasteiger partial charge in [-0.05, 0) is 12.1 Å². The molecular formula is C19H27N5O4. The van der Waals surface area contributed by atoms with Gasteiger partial charge < -0.3 is 25.0 Å². The molecule has 3 saturated heterocycles. The number of nitrogens with zero attached hydrogens (tertiary/aromatic N) is 2. The largest absolute Gasteiger partial charge is 0.492 e. The molecule has 9 heteroatoms. The maximum atomic E-state index is 12.6. The molecule has 2 amide bonds. The summed E-state index contributed by atoms with van der Waals surface area (Å²) in [4.78, 5) is 28.4. The second kappa shape index (κ2) is 7.94. The van der Waals surface area contributed by atoms with Crippen LogP contribution in [-0.2, 0) is 9.53 Å². The minimum Gasteiger partial charge on any atom is -0.492 e. The molecule has 1 aromatic carbocycles. The van der Waals surface area contributed by atoms with E-state index in [1.165, 1.54) is 0 Å². The SMILES string of the molecule is NC1CC(C(=O)N2CCC3(CC2)CN(CCOc2ccccc2)C(=O)O3)NN1. The average Bonchev–Trinajstić information content (AvgIpc) is 3.26. The van der Waals surface area contributed by atoms with Crippen LogP contribution >= 0.6 is 0 Å². The van der Waals surface area contributed by atoms with Crippen LogP contribution in [0.2, 0.25) is 0 Å². The third-order valence-corrected chi connectivity index (χ3v) is 5.63. The van der Waals surface area contributed by atoms with E-state index in [4.69, 9.17) is 15.2 Å². The van der Waals surface area contributed by atoms with Crippen LogP contribution in [-0.4, -0.2) is 72.4 Å². The molecule has 2 unspecified atom stereocenters. The molecule has 4 rings (SSSR count). The summed E-state index contributed by atoms with van der Waals surface area (Å²) in [7, 11) is 0. The van der Waals surface area contributed by atoms with Gasteiger partial charge >= 0.3 is 6.09 Å². The fourth-order valence-corrected chi connectivity index (χ4v) is 4.01. The van der Waals surface area contributed by atoms with Crippen molar-refractivity contribution in [2.45, 2.75) is 37.1 Å². The van der Waals surface area contributed by atoms with Crippen molar-refractivity contribution in [1.82, 2.24) is 20.7 Å². The molecule has 3 heterocycles. The highest BCUT2D eigenvalue weighted by atomic mass is 16.6. The smallest absolute Gasteiger partial charge is 0.410 e. The fourth-order valence-electron chi connectivity index (χ4n) is 4.01. The van der Waals surface area contributed by atoms with Crippen LogP contribution in [0.1, 0.15) is 19.3 Å². The Balaban J connectivity index is 1.25. The van der Waals surface area contributed by atoms with Gasteiger partial charge in [0.05, 0.1) is 19.3 Å². The number of nitrogens with one attached hydrogen (secondary N) is 2. The van der Waals surface area contributed by atoms with Gasteiger partial charge in [0.15, 0.2) is 0 Å². The predicted molar refractivity (Wildman–Crippen MR) is 101 cm³/mol. The van der Waals surface area contributed by atoms with Crippen LogP contribution in [0, 0.1) is 0 Å². The van der Waals surface area contributed by atoms with Crippen LogP contribution in [0.4, 0.5) is 4.79 Å². The fraction of sp³-hybridized carbons (Fsp3) is 0.579. The Kier molecular flexibility index (Phi) is 5.38. The Bertz CT molecular complexity index is 708. The molecule has 9 nitrogen and oxygen atoms in total. The zero-order valence-electron chi connectivity index (χ0n) is 15.8. The first-order chi connectivity index (χ1) is 13.5. The summed E-state index contributed by atoms with van der Waals surface area (Å²) in [6.07, 6.45) is 1.36. The summed E-state index contributed by atoms with van der Waals surface area (Å²) in [5.74, 6) is 0.832. The molecule has 0 aromatic heterocycles. The molecule has 2 atom stereocenters. The molecule has 3 fully saturated rings. The second-order valence-electron chi connectivity index (χ2n) is 7.64. The zero-order valence-corrected chi connectivity index (χ0v) is 15.8. The normalized spacial score (nSPS) is 26.5. The molecule has 28 heavy (non-hydrogen) atoms. The molecule has 0 saturated carbocycles. The molecule has 152 valence electrons. The Morgan fingerprint density at radius 3 is 2.68 bits per heavy atom. The lowest BCUT2D eigenvalue weighted by atomic mass is 9.91. The van der Waals surface area contributed by atoms with Crippen LogP contribution in [0.3, 0.4) is 0 Å². The van der Waals surface area contributed by atoms with E-state index in [1.54, 1.807) is 4.90 Å². The van der Waals surface area contributed by atoms with Gasteiger partial charge in [-0.2, -0.15) is 0 Å². The van der Waals surface area contributed by atoms with Crippen molar-refractivity contribution in [2.24, 2.45) is 5.73 Å². The number of hydrogen-bond acceptors (Lipinski definition) is 7. The first-order valence-corrected chi connectivity index (χ1v) is 9.76. The van der Waals surface area contributed by atoms with Gasteiger partial charge in [-0.3, -0.25) is 4.79 Å². The maximum absolute atomic E-state index is 12.6. The predicted octanol–water partition coefficient (Wildman–Crippen LogP) is 0.0301. The first-order valence-electron chi connectivity index (χ1n) is 9.76. The molecule has 3 aliphatic rings. The number of amides is 2. The summed E-state index contributed by atoms with van der Waals surface area (Å²) in [6.45, 7) is 2.59. The topological polar surface area (TPSA) is 109 Å². The van der Waals surface area contributed by atoms with Crippen molar-refractivity contribution in [3.63, 3.8) is 0 Å². The average molecular weight is 389 g/mol. The van der Waals surface area contributed by atoms with Crippen molar-refractivity contribution < 1.29 is 19.1 Å². The standard InChI is InChI=1S/C19H27N5O4/c20-16-12-15(21-22-16)17(25)23-8-6-19(7-9-23)13-24(18(26)28-19)10-11-27-14-4-2-1-3-5-14/h1-5,15-16,21-22H,6-13,20H2. The second-order valence-corrected chi connectivity index (χ2v) is 7.64. The molecule has 4 N–H and O–H groups in total. The number of ether oxygens (including phenoxy) is 2. The van der Waals surface area contributed by atoms with E-state index in [-0.39, 0.29) is 24.2 Å². The van der Waals surface area contributed by atoms with Crippen LogP contribution in [0.15, 0.2) is 30.3 Å². The summed E-state index contributed by atoms with van der Waals surface area (Å²) >= 11 is 0. The van der Waals surface area contributed by atoms with Gasteiger partial charge in [0, 0.05) is 32.4 Å². The van der Waals surface area contributed by atoms with Crippen LogP contribution < -0.4 is 21.3 Å². The minimum atomic E-state index is -0.502. The van der Waals surface area contributed by atoms with Crippen molar-refractivity contribution in [2.75, 3.05) is 32.8 Å². The van der Waals surface area contributed by atoms with Gasteiger partial charge in [0.25, 0.3) is 0 Å². The third-order valence-electron chi connectivity index (χ3n) is 5.63. The molecular weight excluding hydrogens is 362 g/mol. The van der Waals surface area contributed by atoms with Crippen LogP contribution in [0.25, 0.3) is 0 Å². The molecule has 0 bridgehead atoms. The molecule has 1 spiro atoms. The maximum Gasteiger partial charge on any atom is 0.410 e. The number of likely N-dealkylation sites (tertiary alicyclic amines) is 1. The van der Waals surface area contributed by atoms with Gasteiger partial charge in [0.2, 0.25) is 5.91 Å².